The first-order valence-corrected chi connectivity index (χ1v) is 9.11. The summed E-state index contributed by atoms with van der Waals surface area (Å²) in [5.41, 5.74) is 2.57. The van der Waals surface area contributed by atoms with Gasteiger partial charge in [-0.1, -0.05) is 6.07 Å². The summed E-state index contributed by atoms with van der Waals surface area (Å²) in [6.45, 7) is 1.83. The molecular weight excluding hydrogens is 386 g/mol. The van der Waals surface area contributed by atoms with Crippen molar-refractivity contribution in [3.05, 3.63) is 65.7 Å². The number of fused-ring (bicyclic) bond motifs is 1. The topological polar surface area (TPSA) is 115 Å². The molecule has 2 amide bonds. The van der Waals surface area contributed by atoms with E-state index in [1.54, 1.807) is 49.5 Å². The first-order valence-electron chi connectivity index (χ1n) is 9.11. The molecule has 0 radical (unpaired) electrons. The van der Waals surface area contributed by atoms with E-state index < -0.39 is 0 Å². The van der Waals surface area contributed by atoms with Gasteiger partial charge in [-0.3, -0.25) is 14.3 Å². The lowest BCUT2D eigenvalue weighted by atomic mass is 10.3. The first kappa shape index (κ1) is 19.1. The van der Waals surface area contributed by atoms with Crippen LogP contribution in [0.15, 0.2) is 48.7 Å². The molecule has 0 aliphatic carbocycles. The molecule has 3 aromatic heterocycles. The quantitative estimate of drug-likeness (QED) is 0.526. The second-order valence-electron chi connectivity index (χ2n) is 6.56. The van der Waals surface area contributed by atoms with E-state index in [9.17, 15) is 9.59 Å². The number of rotatable bonds is 5. The number of aryl methyl sites for hydroxylation is 2. The van der Waals surface area contributed by atoms with Crippen LogP contribution < -0.4 is 15.4 Å². The van der Waals surface area contributed by atoms with Gasteiger partial charge < -0.3 is 15.4 Å². The number of aromatic nitrogens is 5. The van der Waals surface area contributed by atoms with Gasteiger partial charge in [-0.15, -0.1) is 5.10 Å². The SMILES string of the molecule is CNC(=O)c1cn2nc(Oc3cccc(NC(=O)c4cc(C)nn4C)c3)ccc2n1. The van der Waals surface area contributed by atoms with Crippen molar-refractivity contribution in [1.82, 2.24) is 29.7 Å². The Labute approximate surface area is 171 Å². The molecular formula is C20H19N7O3. The Bertz CT molecular complexity index is 1260. The normalized spacial score (nSPS) is 10.8. The molecule has 0 unspecified atom stereocenters. The molecule has 0 bridgehead atoms. The highest BCUT2D eigenvalue weighted by molar-refractivity contribution is 6.03. The largest absolute Gasteiger partial charge is 0.438 e. The number of imidazole rings is 1. The number of hydrogen-bond acceptors (Lipinski definition) is 6. The van der Waals surface area contributed by atoms with Gasteiger partial charge in [0.1, 0.15) is 17.1 Å². The summed E-state index contributed by atoms with van der Waals surface area (Å²) in [7, 11) is 3.25. The van der Waals surface area contributed by atoms with Crippen LogP contribution in [0.25, 0.3) is 5.65 Å². The first-order chi connectivity index (χ1) is 14.4. The number of ether oxygens (including phenoxy) is 1. The fourth-order valence-electron chi connectivity index (χ4n) is 2.93. The smallest absolute Gasteiger partial charge is 0.273 e. The highest BCUT2D eigenvalue weighted by atomic mass is 16.5. The van der Waals surface area contributed by atoms with Crippen LogP contribution in [-0.4, -0.2) is 43.2 Å². The number of nitrogens with one attached hydrogen (secondary N) is 2. The number of hydrogen-bond donors (Lipinski definition) is 2. The minimum atomic E-state index is -0.296. The highest BCUT2D eigenvalue weighted by Crippen LogP contribution is 2.23. The van der Waals surface area contributed by atoms with E-state index in [1.807, 2.05) is 6.92 Å². The average Bonchev–Trinajstić information content (AvgIpc) is 3.29. The molecule has 3 heterocycles. The third-order valence-corrected chi connectivity index (χ3v) is 4.30. The Hall–Kier alpha value is -4.21. The lowest BCUT2D eigenvalue weighted by Crippen LogP contribution is -2.17. The highest BCUT2D eigenvalue weighted by Gasteiger charge is 2.13. The number of benzene rings is 1. The molecule has 30 heavy (non-hydrogen) atoms. The van der Waals surface area contributed by atoms with Gasteiger partial charge in [0.15, 0.2) is 5.65 Å². The Balaban J connectivity index is 1.52. The molecule has 0 atom stereocenters. The summed E-state index contributed by atoms with van der Waals surface area (Å²) in [4.78, 5) is 28.4. The van der Waals surface area contributed by atoms with Crippen molar-refractivity contribution in [2.75, 3.05) is 12.4 Å². The maximum atomic E-state index is 12.5. The van der Waals surface area contributed by atoms with Gasteiger partial charge in [-0.05, 0) is 31.2 Å². The fourth-order valence-corrected chi connectivity index (χ4v) is 2.93. The van der Waals surface area contributed by atoms with E-state index in [1.165, 1.54) is 22.4 Å². The van der Waals surface area contributed by atoms with Crippen molar-refractivity contribution in [2.45, 2.75) is 6.92 Å². The lowest BCUT2D eigenvalue weighted by Gasteiger charge is -2.08. The average molecular weight is 405 g/mol. The van der Waals surface area contributed by atoms with E-state index in [-0.39, 0.29) is 17.5 Å². The van der Waals surface area contributed by atoms with E-state index in [0.29, 0.717) is 28.7 Å². The van der Waals surface area contributed by atoms with Gasteiger partial charge in [0, 0.05) is 31.9 Å². The van der Waals surface area contributed by atoms with Crippen LogP contribution in [0.1, 0.15) is 26.7 Å². The van der Waals surface area contributed by atoms with E-state index >= 15 is 0 Å². The third kappa shape index (κ3) is 3.83. The van der Waals surface area contributed by atoms with Crippen molar-refractivity contribution in [2.24, 2.45) is 7.05 Å². The van der Waals surface area contributed by atoms with Crippen molar-refractivity contribution in [3.63, 3.8) is 0 Å². The van der Waals surface area contributed by atoms with Crippen LogP contribution in [0, 0.1) is 6.92 Å². The standard InChI is InChI=1S/C20H19N7O3/c1-12-9-16(26(3)24-12)20(29)22-13-5-4-6-14(10-13)30-18-8-7-17-23-15(19(28)21-2)11-27(17)25-18/h4-11H,1-3H3,(H,21,28)(H,22,29). The van der Waals surface area contributed by atoms with E-state index in [0.717, 1.165) is 5.69 Å². The molecule has 0 saturated carbocycles. The molecule has 4 rings (SSSR count). The predicted octanol–water partition coefficient (Wildman–Crippen LogP) is 2.18. The Morgan fingerprint density at radius 1 is 1.07 bits per heavy atom. The van der Waals surface area contributed by atoms with Crippen LogP contribution >= 0.6 is 0 Å². The zero-order valence-electron chi connectivity index (χ0n) is 16.6. The number of amides is 2. The molecule has 0 saturated heterocycles. The van der Waals surface area contributed by atoms with Crippen LogP contribution in [-0.2, 0) is 7.05 Å². The summed E-state index contributed by atoms with van der Waals surface area (Å²) < 4.78 is 8.81. The zero-order chi connectivity index (χ0) is 21.3. The number of anilines is 1. The van der Waals surface area contributed by atoms with E-state index in [2.05, 4.69) is 25.8 Å². The second-order valence-corrected chi connectivity index (χ2v) is 6.56. The summed E-state index contributed by atoms with van der Waals surface area (Å²) in [5.74, 6) is 0.242. The molecule has 10 heteroatoms. The minimum Gasteiger partial charge on any atom is -0.438 e. The summed E-state index contributed by atoms with van der Waals surface area (Å²) >= 11 is 0. The summed E-state index contributed by atoms with van der Waals surface area (Å²) in [5, 5.41) is 13.8. The molecule has 1 aromatic carbocycles. The Kier molecular flexibility index (Phi) is 4.88. The monoisotopic (exact) mass is 405 g/mol. The molecule has 0 fully saturated rings. The molecule has 4 aromatic rings. The molecule has 0 aliphatic heterocycles. The predicted molar refractivity (Wildman–Crippen MR) is 109 cm³/mol. The number of nitrogens with zero attached hydrogens (tertiary/aromatic N) is 5. The third-order valence-electron chi connectivity index (χ3n) is 4.30. The van der Waals surface area contributed by atoms with Crippen molar-refractivity contribution in [1.29, 1.82) is 0 Å². The van der Waals surface area contributed by atoms with Gasteiger partial charge in [0.2, 0.25) is 5.88 Å². The molecule has 2 N–H and O–H groups in total. The van der Waals surface area contributed by atoms with Gasteiger partial charge in [-0.2, -0.15) is 5.10 Å². The van der Waals surface area contributed by atoms with Crippen molar-refractivity contribution >= 4 is 23.1 Å². The molecule has 10 nitrogen and oxygen atoms in total. The molecule has 0 spiro atoms. The van der Waals surface area contributed by atoms with Crippen LogP contribution in [0.4, 0.5) is 5.69 Å². The minimum absolute atomic E-state index is 0.261. The fraction of sp³-hybridized carbons (Fsp3) is 0.150. The van der Waals surface area contributed by atoms with Crippen molar-refractivity contribution < 1.29 is 14.3 Å². The molecule has 0 aliphatic rings. The Morgan fingerprint density at radius 2 is 1.90 bits per heavy atom. The maximum absolute atomic E-state index is 12.5. The number of carbonyl (C=O) groups excluding carboxylic acids is 2. The van der Waals surface area contributed by atoms with Gasteiger partial charge in [0.05, 0.1) is 11.9 Å². The van der Waals surface area contributed by atoms with Gasteiger partial charge in [0.25, 0.3) is 11.8 Å². The Morgan fingerprint density at radius 3 is 2.63 bits per heavy atom. The maximum Gasteiger partial charge on any atom is 0.273 e. The molecule has 152 valence electrons. The summed E-state index contributed by atoms with van der Waals surface area (Å²) in [6.07, 6.45) is 1.52. The van der Waals surface area contributed by atoms with Gasteiger partial charge >= 0.3 is 0 Å². The van der Waals surface area contributed by atoms with Crippen LogP contribution in [0.5, 0.6) is 11.6 Å². The van der Waals surface area contributed by atoms with E-state index in [4.69, 9.17) is 4.74 Å². The second kappa shape index (κ2) is 7.66. The van der Waals surface area contributed by atoms with Crippen molar-refractivity contribution in [3.8, 4) is 11.6 Å². The zero-order valence-corrected chi connectivity index (χ0v) is 16.6. The van der Waals surface area contributed by atoms with Crippen LogP contribution in [0.3, 0.4) is 0 Å². The van der Waals surface area contributed by atoms with Gasteiger partial charge in [-0.25, -0.2) is 9.50 Å². The summed E-state index contributed by atoms with van der Waals surface area (Å²) in [6, 6.07) is 12.0. The lowest BCUT2D eigenvalue weighted by molar-refractivity contribution is 0.0957. The number of carbonyl (C=O) groups is 2. The van der Waals surface area contributed by atoms with Crippen LogP contribution in [0.2, 0.25) is 0 Å².